The number of H-pyrrole nitrogens is 1. The van der Waals surface area contributed by atoms with Crippen LogP contribution in [0.1, 0.15) is 37.7 Å². The van der Waals surface area contributed by atoms with Gasteiger partial charge in [0.15, 0.2) is 0 Å². The standard InChI is InChI=1S/C14H25N3O/c1-3-4-5-14-15-8-13(16-14)10-17(2)9-12-6-7-18-11-12/h8,12H,3-7,9-11H2,1-2H3,(H,15,16)/t12-/m1/s1. The number of aryl methyl sites for hydroxylation is 1. The first-order valence-electron chi connectivity index (χ1n) is 7.07. The lowest BCUT2D eigenvalue weighted by atomic mass is 10.1. The van der Waals surface area contributed by atoms with Gasteiger partial charge >= 0.3 is 0 Å². The molecule has 4 nitrogen and oxygen atoms in total. The van der Waals surface area contributed by atoms with Crippen molar-refractivity contribution < 1.29 is 4.74 Å². The van der Waals surface area contributed by atoms with Crippen molar-refractivity contribution in [3.63, 3.8) is 0 Å². The van der Waals surface area contributed by atoms with Gasteiger partial charge in [-0.15, -0.1) is 0 Å². The molecular formula is C14H25N3O. The van der Waals surface area contributed by atoms with E-state index in [0.717, 1.165) is 38.5 Å². The van der Waals surface area contributed by atoms with Gasteiger partial charge in [-0.1, -0.05) is 13.3 Å². The minimum atomic E-state index is 0.706. The van der Waals surface area contributed by atoms with Crippen molar-refractivity contribution in [1.82, 2.24) is 14.9 Å². The van der Waals surface area contributed by atoms with Crippen LogP contribution in [0.15, 0.2) is 6.20 Å². The van der Waals surface area contributed by atoms with Crippen LogP contribution in [0.3, 0.4) is 0 Å². The Labute approximate surface area is 110 Å². The van der Waals surface area contributed by atoms with Crippen LogP contribution < -0.4 is 0 Å². The van der Waals surface area contributed by atoms with E-state index in [0.29, 0.717) is 5.92 Å². The molecule has 18 heavy (non-hydrogen) atoms. The van der Waals surface area contributed by atoms with Gasteiger partial charge in [0, 0.05) is 38.0 Å². The molecule has 1 N–H and O–H groups in total. The molecule has 1 atom stereocenters. The third-order valence-electron chi connectivity index (χ3n) is 3.48. The molecule has 102 valence electrons. The summed E-state index contributed by atoms with van der Waals surface area (Å²) in [5, 5.41) is 0. The van der Waals surface area contributed by atoms with E-state index in [-0.39, 0.29) is 0 Å². The summed E-state index contributed by atoms with van der Waals surface area (Å²) >= 11 is 0. The topological polar surface area (TPSA) is 41.2 Å². The highest BCUT2D eigenvalue weighted by molar-refractivity contribution is 5.01. The van der Waals surface area contributed by atoms with Gasteiger partial charge < -0.3 is 14.6 Å². The molecule has 1 aliphatic rings. The first-order chi connectivity index (χ1) is 8.78. The Morgan fingerprint density at radius 3 is 3.17 bits per heavy atom. The number of nitrogens with one attached hydrogen (secondary N) is 1. The van der Waals surface area contributed by atoms with Gasteiger partial charge in [-0.3, -0.25) is 0 Å². The number of aromatic nitrogens is 2. The Morgan fingerprint density at radius 2 is 2.44 bits per heavy atom. The molecular weight excluding hydrogens is 226 g/mol. The number of rotatable bonds is 7. The van der Waals surface area contributed by atoms with Gasteiger partial charge in [-0.25, -0.2) is 4.98 Å². The molecule has 0 amide bonds. The maximum atomic E-state index is 5.41. The molecule has 0 aromatic carbocycles. The van der Waals surface area contributed by atoms with Gasteiger partial charge in [0.1, 0.15) is 5.82 Å². The predicted molar refractivity (Wildman–Crippen MR) is 72.5 cm³/mol. The zero-order valence-electron chi connectivity index (χ0n) is 11.6. The lowest BCUT2D eigenvalue weighted by Crippen LogP contribution is -2.25. The summed E-state index contributed by atoms with van der Waals surface area (Å²) in [6.07, 6.45) is 6.68. The average molecular weight is 251 g/mol. The molecule has 1 aromatic rings. The molecule has 0 aliphatic carbocycles. The van der Waals surface area contributed by atoms with Crippen LogP contribution in [0.2, 0.25) is 0 Å². The van der Waals surface area contributed by atoms with Crippen LogP contribution in [0.4, 0.5) is 0 Å². The second-order valence-corrected chi connectivity index (χ2v) is 5.39. The highest BCUT2D eigenvalue weighted by atomic mass is 16.5. The molecule has 0 spiro atoms. The number of hydrogen-bond acceptors (Lipinski definition) is 3. The normalized spacial score (nSPS) is 19.8. The third-order valence-corrected chi connectivity index (χ3v) is 3.48. The summed E-state index contributed by atoms with van der Waals surface area (Å²) in [6, 6.07) is 0. The van der Waals surface area contributed by atoms with Crippen molar-refractivity contribution >= 4 is 0 Å². The lowest BCUT2D eigenvalue weighted by molar-refractivity contribution is 0.172. The second-order valence-electron chi connectivity index (χ2n) is 5.39. The Balaban J connectivity index is 1.75. The largest absolute Gasteiger partial charge is 0.381 e. The second kappa shape index (κ2) is 6.90. The number of unbranched alkanes of at least 4 members (excludes halogenated alkanes) is 1. The maximum absolute atomic E-state index is 5.41. The van der Waals surface area contributed by atoms with E-state index in [9.17, 15) is 0 Å². The van der Waals surface area contributed by atoms with Gasteiger partial charge in [0.25, 0.3) is 0 Å². The van der Waals surface area contributed by atoms with Gasteiger partial charge in [0.05, 0.1) is 6.61 Å². The molecule has 0 saturated carbocycles. The summed E-state index contributed by atoms with van der Waals surface area (Å²) in [6.45, 7) is 6.14. The smallest absolute Gasteiger partial charge is 0.106 e. The van der Waals surface area contributed by atoms with Crippen LogP contribution in [0.5, 0.6) is 0 Å². The van der Waals surface area contributed by atoms with Crippen LogP contribution in [-0.4, -0.2) is 41.7 Å². The van der Waals surface area contributed by atoms with Crippen molar-refractivity contribution in [3.05, 3.63) is 17.7 Å². The first kappa shape index (κ1) is 13.6. The average Bonchev–Trinajstić information content (AvgIpc) is 2.98. The monoisotopic (exact) mass is 251 g/mol. The summed E-state index contributed by atoms with van der Waals surface area (Å²) in [7, 11) is 2.17. The highest BCUT2D eigenvalue weighted by Gasteiger charge is 2.17. The minimum Gasteiger partial charge on any atom is -0.381 e. The lowest BCUT2D eigenvalue weighted by Gasteiger charge is -2.18. The van der Waals surface area contributed by atoms with Crippen LogP contribution in [-0.2, 0) is 17.7 Å². The van der Waals surface area contributed by atoms with Crippen LogP contribution in [0, 0.1) is 5.92 Å². The molecule has 4 heteroatoms. The molecule has 2 heterocycles. The Hall–Kier alpha value is -0.870. The van der Waals surface area contributed by atoms with Crippen LogP contribution in [0.25, 0.3) is 0 Å². The zero-order chi connectivity index (χ0) is 12.8. The molecule has 1 aliphatic heterocycles. The quantitative estimate of drug-likeness (QED) is 0.808. The van der Waals surface area contributed by atoms with Gasteiger partial charge in [0.2, 0.25) is 0 Å². The highest BCUT2D eigenvalue weighted by Crippen LogP contribution is 2.14. The minimum absolute atomic E-state index is 0.706. The van der Waals surface area contributed by atoms with Crippen molar-refractivity contribution in [2.75, 3.05) is 26.8 Å². The predicted octanol–water partition coefficient (Wildman–Crippen LogP) is 2.22. The molecule has 1 saturated heterocycles. The summed E-state index contributed by atoms with van der Waals surface area (Å²) in [4.78, 5) is 10.2. The van der Waals surface area contributed by atoms with E-state index in [4.69, 9.17) is 4.74 Å². The number of imidazole rings is 1. The van der Waals surface area contributed by atoms with Crippen molar-refractivity contribution in [3.8, 4) is 0 Å². The molecule has 0 bridgehead atoms. The Kier molecular flexibility index (Phi) is 5.20. The first-order valence-corrected chi connectivity index (χ1v) is 7.07. The van der Waals surface area contributed by atoms with Crippen LogP contribution >= 0.6 is 0 Å². The zero-order valence-corrected chi connectivity index (χ0v) is 11.6. The van der Waals surface area contributed by atoms with E-state index < -0.39 is 0 Å². The fourth-order valence-electron chi connectivity index (χ4n) is 2.48. The Bertz CT molecular complexity index is 345. The molecule has 1 fully saturated rings. The fraction of sp³-hybridized carbons (Fsp3) is 0.786. The number of hydrogen-bond donors (Lipinski definition) is 1. The molecule has 0 unspecified atom stereocenters. The fourth-order valence-corrected chi connectivity index (χ4v) is 2.48. The third kappa shape index (κ3) is 4.10. The summed E-state index contributed by atoms with van der Waals surface area (Å²) in [5.41, 5.74) is 1.22. The maximum Gasteiger partial charge on any atom is 0.106 e. The van der Waals surface area contributed by atoms with E-state index in [1.807, 2.05) is 6.20 Å². The van der Waals surface area contributed by atoms with Crippen molar-refractivity contribution in [1.29, 1.82) is 0 Å². The van der Waals surface area contributed by atoms with E-state index >= 15 is 0 Å². The molecule has 0 radical (unpaired) electrons. The van der Waals surface area contributed by atoms with E-state index in [1.165, 1.54) is 25.0 Å². The van der Waals surface area contributed by atoms with Gasteiger partial charge in [-0.05, 0) is 25.8 Å². The van der Waals surface area contributed by atoms with Crippen molar-refractivity contribution in [2.45, 2.75) is 39.2 Å². The SMILES string of the molecule is CCCCc1ncc(CN(C)C[C@H]2CCOC2)[nH]1. The van der Waals surface area contributed by atoms with E-state index in [1.54, 1.807) is 0 Å². The van der Waals surface area contributed by atoms with Crippen molar-refractivity contribution in [2.24, 2.45) is 5.92 Å². The number of ether oxygens (including phenoxy) is 1. The molecule has 1 aromatic heterocycles. The Morgan fingerprint density at radius 1 is 1.56 bits per heavy atom. The van der Waals surface area contributed by atoms with Gasteiger partial charge in [-0.2, -0.15) is 0 Å². The summed E-state index contributed by atoms with van der Waals surface area (Å²) in [5.74, 6) is 1.84. The van der Waals surface area contributed by atoms with E-state index in [2.05, 4.69) is 28.8 Å². The number of aromatic amines is 1. The molecule has 2 rings (SSSR count). The summed E-state index contributed by atoms with van der Waals surface area (Å²) < 4.78 is 5.41. The number of nitrogens with zero attached hydrogens (tertiary/aromatic N) is 2.